The number of halogens is 1. The third-order valence-electron chi connectivity index (χ3n) is 2.61. The molecule has 4 heteroatoms. The molecular weight excluding hydrogens is 276 g/mol. The van der Waals surface area contributed by atoms with Gasteiger partial charge in [-0.15, -0.1) is 0 Å². The standard InChI is InChI=1S/C16H11ClO3/c1-2-14(18)12-8-9-15(13(17)10-12)20-16(19)11-6-4-3-5-7-11/h2-10H,1H2. The van der Waals surface area contributed by atoms with E-state index >= 15 is 0 Å². The summed E-state index contributed by atoms with van der Waals surface area (Å²) in [6.07, 6.45) is 1.20. The van der Waals surface area contributed by atoms with Crippen LogP contribution in [0, 0.1) is 0 Å². The number of benzene rings is 2. The summed E-state index contributed by atoms with van der Waals surface area (Å²) in [5.74, 6) is -0.538. The Balaban J connectivity index is 2.20. The van der Waals surface area contributed by atoms with Crippen LogP contribution in [0.3, 0.4) is 0 Å². The van der Waals surface area contributed by atoms with Gasteiger partial charge in [0, 0.05) is 5.56 Å². The molecular formula is C16H11ClO3. The number of ketones is 1. The van der Waals surface area contributed by atoms with Gasteiger partial charge < -0.3 is 4.74 Å². The van der Waals surface area contributed by atoms with E-state index in [9.17, 15) is 9.59 Å². The van der Waals surface area contributed by atoms with E-state index < -0.39 is 5.97 Å². The molecule has 0 aromatic heterocycles. The number of hydrogen-bond acceptors (Lipinski definition) is 3. The molecule has 0 saturated heterocycles. The van der Waals surface area contributed by atoms with Crippen molar-refractivity contribution in [3.05, 3.63) is 77.3 Å². The molecule has 0 aliphatic carbocycles. The SMILES string of the molecule is C=CC(=O)c1ccc(OC(=O)c2ccccc2)c(Cl)c1. The molecule has 2 aromatic carbocycles. The number of carbonyl (C=O) groups is 2. The highest BCUT2D eigenvalue weighted by Crippen LogP contribution is 2.26. The zero-order valence-electron chi connectivity index (χ0n) is 10.5. The topological polar surface area (TPSA) is 43.4 Å². The lowest BCUT2D eigenvalue weighted by Gasteiger charge is -2.07. The molecule has 2 rings (SSSR count). The zero-order chi connectivity index (χ0) is 14.5. The van der Waals surface area contributed by atoms with Crippen molar-refractivity contribution in [2.75, 3.05) is 0 Å². The molecule has 0 saturated carbocycles. The van der Waals surface area contributed by atoms with E-state index in [1.165, 1.54) is 24.3 Å². The van der Waals surface area contributed by atoms with Crippen LogP contribution in [0.15, 0.2) is 61.2 Å². The largest absolute Gasteiger partial charge is 0.421 e. The van der Waals surface area contributed by atoms with Crippen molar-refractivity contribution < 1.29 is 14.3 Å². The summed E-state index contributed by atoms with van der Waals surface area (Å²) in [6.45, 7) is 3.40. The predicted molar refractivity (Wildman–Crippen MR) is 77.4 cm³/mol. The second-order valence-corrected chi connectivity index (χ2v) is 4.38. The van der Waals surface area contributed by atoms with Crippen molar-refractivity contribution in [3.8, 4) is 5.75 Å². The number of allylic oxidation sites excluding steroid dienone is 1. The van der Waals surface area contributed by atoms with Crippen molar-refractivity contribution in [1.82, 2.24) is 0 Å². The van der Waals surface area contributed by atoms with Crippen LogP contribution in [0.4, 0.5) is 0 Å². The van der Waals surface area contributed by atoms with Gasteiger partial charge in [0.15, 0.2) is 5.78 Å². The van der Waals surface area contributed by atoms with E-state index in [0.29, 0.717) is 11.1 Å². The first-order valence-electron chi connectivity index (χ1n) is 5.85. The Labute approximate surface area is 121 Å². The van der Waals surface area contributed by atoms with Crippen LogP contribution in [0.25, 0.3) is 0 Å². The Hall–Kier alpha value is -2.39. The number of carbonyl (C=O) groups excluding carboxylic acids is 2. The zero-order valence-corrected chi connectivity index (χ0v) is 11.3. The Morgan fingerprint density at radius 1 is 1.05 bits per heavy atom. The first-order chi connectivity index (χ1) is 9.61. The van der Waals surface area contributed by atoms with E-state index in [1.807, 2.05) is 0 Å². The smallest absolute Gasteiger partial charge is 0.343 e. The van der Waals surface area contributed by atoms with Crippen LogP contribution in [-0.4, -0.2) is 11.8 Å². The molecule has 0 heterocycles. The minimum absolute atomic E-state index is 0.196. The van der Waals surface area contributed by atoms with Gasteiger partial charge in [0.1, 0.15) is 5.75 Å². The second kappa shape index (κ2) is 6.17. The summed E-state index contributed by atoms with van der Waals surface area (Å²) >= 11 is 6.00. The van der Waals surface area contributed by atoms with Gasteiger partial charge in [-0.25, -0.2) is 4.79 Å². The quantitative estimate of drug-likeness (QED) is 0.370. The highest BCUT2D eigenvalue weighted by Gasteiger charge is 2.12. The summed E-state index contributed by atoms with van der Waals surface area (Å²) in [6, 6.07) is 13.0. The average molecular weight is 287 g/mol. The Bertz CT molecular complexity index is 663. The number of rotatable bonds is 4. The Morgan fingerprint density at radius 2 is 1.75 bits per heavy atom. The third-order valence-corrected chi connectivity index (χ3v) is 2.91. The van der Waals surface area contributed by atoms with Gasteiger partial charge in [-0.05, 0) is 36.4 Å². The first kappa shape index (κ1) is 14.0. The molecule has 0 N–H and O–H groups in total. The molecule has 0 spiro atoms. The van der Waals surface area contributed by atoms with Crippen molar-refractivity contribution >= 4 is 23.4 Å². The maximum Gasteiger partial charge on any atom is 0.343 e. The van der Waals surface area contributed by atoms with Crippen molar-refractivity contribution in [3.63, 3.8) is 0 Å². The minimum Gasteiger partial charge on any atom is -0.421 e. The van der Waals surface area contributed by atoms with E-state index in [2.05, 4.69) is 6.58 Å². The van der Waals surface area contributed by atoms with Crippen molar-refractivity contribution in [1.29, 1.82) is 0 Å². The fourth-order valence-corrected chi connectivity index (χ4v) is 1.81. The maximum absolute atomic E-state index is 11.9. The van der Waals surface area contributed by atoms with Crippen LogP contribution < -0.4 is 4.74 Å². The highest BCUT2D eigenvalue weighted by molar-refractivity contribution is 6.32. The minimum atomic E-state index is -0.504. The fourth-order valence-electron chi connectivity index (χ4n) is 1.59. The lowest BCUT2D eigenvalue weighted by atomic mass is 10.1. The van der Waals surface area contributed by atoms with Crippen LogP contribution in [-0.2, 0) is 0 Å². The lowest BCUT2D eigenvalue weighted by Crippen LogP contribution is -2.08. The monoisotopic (exact) mass is 286 g/mol. The fraction of sp³-hybridized carbons (Fsp3) is 0. The molecule has 0 bridgehead atoms. The van der Waals surface area contributed by atoms with Crippen LogP contribution in [0.2, 0.25) is 5.02 Å². The van der Waals surface area contributed by atoms with Gasteiger partial charge in [-0.2, -0.15) is 0 Å². The van der Waals surface area contributed by atoms with Gasteiger partial charge in [-0.3, -0.25) is 4.79 Å². The summed E-state index contributed by atoms with van der Waals surface area (Å²) in [5.41, 5.74) is 0.819. The molecule has 0 fully saturated rings. The molecule has 2 aromatic rings. The molecule has 100 valence electrons. The second-order valence-electron chi connectivity index (χ2n) is 3.97. The number of esters is 1. The third kappa shape index (κ3) is 3.13. The molecule has 0 aliphatic rings. The average Bonchev–Trinajstić information content (AvgIpc) is 2.49. The Kier molecular flexibility index (Phi) is 4.33. The first-order valence-corrected chi connectivity index (χ1v) is 6.23. The van der Waals surface area contributed by atoms with Crippen molar-refractivity contribution in [2.24, 2.45) is 0 Å². The number of hydrogen-bond donors (Lipinski definition) is 0. The summed E-state index contributed by atoms with van der Waals surface area (Å²) in [4.78, 5) is 23.3. The Morgan fingerprint density at radius 3 is 2.35 bits per heavy atom. The highest BCUT2D eigenvalue weighted by atomic mass is 35.5. The molecule has 3 nitrogen and oxygen atoms in total. The molecule has 0 amide bonds. The normalized spacial score (nSPS) is 9.85. The molecule has 20 heavy (non-hydrogen) atoms. The molecule has 0 radical (unpaired) electrons. The van der Waals surface area contributed by atoms with Gasteiger partial charge in [0.25, 0.3) is 0 Å². The molecule has 0 atom stereocenters. The summed E-state index contributed by atoms with van der Waals surface area (Å²) in [7, 11) is 0. The van der Waals surface area contributed by atoms with E-state index in [0.717, 1.165) is 0 Å². The van der Waals surface area contributed by atoms with Gasteiger partial charge in [0.2, 0.25) is 0 Å². The van der Waals surface area contributed by atoms with Gasteiger partial charge >= 0.3 is 5.97 Å². The van der Waals surface area contributed by atoms with E-state index in [4.69, 9.17) is 16.3 Å². The van der Waals surface area contributed by atoms with Gasteiger partial charge in [-0.1, -0.05) is 36.4 Å². The summed E-state index contributed by atoms with van der Waals surface area (Å²) < 4.78 is 5.19. The predicted octanol–water partition coefficient (Wildman–Crippen LogP) is 3.93. The number of ether oxygens (including phenoxy) is 1. The van der Waals surface area contributed by atoms with Crippen LogP contribution in [0.1, 0.15) is 20.7 Å². The van der Waals surface area contributed by atoms with E-state index in [-0.39, 0.29) is 16.6 Å². The van der Waals surface area contributed by atoms with Crippen LogP contribution in [0.5, 0.6) is 5.75 Å². The van der Waals surface area contributed by atoms with Gasteiger partial charge in [0.05, 0.1) is 10.6 Å². The van der Waals surface area contributed by atoms with E-state index in [1.54, 1.807) is 30.3 Å². The molecule has 0 unspecified atom stereocenters. The maximum atomic E-state index is 11.9. The van der Waals surface area contributed by atoms with Crippen LogP contribution >= 0.6 is 11.6 Å². The lowest BCUT2D eigenvalue weighted by molar-refractivity contribution is 0.0735. The molecule has 0 aliphatic heterocycles. The summed E-state index contributed by atoms with van der Waals surface area (Å²) in [5, 5.41) is 0.196. The van der Waals surface area contributed by atoms with Crippen molar-refractivity contribution in [2.45, 2.75) is 0 Å².